The number of amides is 1. The molecule has 1 amide bonds. The molecule has 1 saturated heterocycles. The molecular weight excluding hydrogens is 309 g/mol. The molecule has 2 unspecified atom stereocenters. The van der Waals surface area contributed by atoms with Crippen LogP contribution in [0.5, 0.6) is 0 Å². The van der Waals surface area contributed by atoms with E-state index in [0.717, 1.165) is 12.8 Å². The second kappa shape index (κ2) is 6.73. The Hall–Kier alpha value is -2.21. The standard InChI is InChI=1S/C18H22FN3O2/c1-12-7-8-14(11-23)10-21(12)18(24)15-9-20-22(13(15)2)17-6-4-3-5-16(17)19/h3-6,9,12,14,23H,7-8,10-11H2,1-2H3. The van der Waals surface area contributed by atoms with Crippen molar-refractivity contribution < 1.29 is 14.3 Å². The monoisotopic (exact) mass is 331 g/mol. The summed E-state index contributed by atoms with van der Waals surface area (Å²) >= 11 is 0. The summed E-state index contributed by atoms with van der Waals surface area (Å²) in [7, 11) is 0. The average Bonchev–Trinajstić information content (AvgIpc) is 2.96. The van der Waals surface area contributed by atoms with Gasteiger partial charge in [-0.15, -0.1) is 0 Å². The molecule has 1 aliphatic heterocycles. The highest BCUT2D eigenvalue weighted by Crippen LogP contribution is 2.25. The van der Waals surface area contributed by atoms with Crippen molar-refractivity contribution in [3.05, 3.63) is 47.5 Å². The second-order valence-corrected chi connectivity index (χ2v) is 6.44. The molecule has 2 atom stereocenters. The highest BCUT2D eigenvalue weighted by molar-refractivity contribution is 5.95. The van der Waals surface area contributed by atoms with Gasteiger partial charge in [-0.05, 0) is 44.7 Å². The summed E-state index contributed by atoms with van der Waals surface area (Å²) < 4.78 is 15.5. The van der Waals surface area contributed by atoms with E-state index in [-0.39, 0.29) is 30.3 Å². The average molecular weight is 331 g/mol. The molecule has 0 bridgehead atoms. The van der Waals surface area contributed by atoms with Crippen LogP contribution in [0.15, 0.2) is 30.5 Å². The zero-order valence-corrected chi connectivity index (χ0v) is 13.9. The molecular formula is C18H22FN3O2. The lowest BCUT2D eigenvalue weighted by atomic mass is 9.93. The molecule has 6 heteroatoms. The highest BCUT2D eigenvalue weighted by atomic mass is 19.1. The number of rotatable bonds is 3. The number of carbonyl (C=O) groups is 1. The maximum atomic E-state index is 14.0. The maximum absolute atomic E-state index is 14.0. The fourth-order valence-corrected chi connectivity index (χ4v) is 3.25. The fraction of sp³-hybridized carbons (Fsp3) is 0.444. The lowest BCUT2D eigenvalue weighted by Gasteiger charge is -2.37. The van der Waals surface area contributed by atoms with Crippen molar-refractivity contribution in [1.29, 1.82) is 0 Å². The number of aromatic nitrogens is 2. The zero-order valence-electron chi connectivity index (χ0n) is 13.9. The van der Waals surface area contributed by atoms with Crippen LogP contribution in [0.25, 0.3) is 5.69 Å². The normalized spacial score (nSPS) is 21.1. The van der Waals surface area contributed by atoms with E-state index in [1.54, 1.807) is 30.0 Å². The van der Waals surface area contributed by atoms with Gasteiger partial charge in [0, 0.05) is 19.2 Å². The van der Waals surface area contributed by atoms with E-state index in [2.05, 4.69) is 5.10 Å². The summed E-state index contributed by atoms with van der Waals surface area (Å²) in [5, 5.41) is 13.6. The molecule has 0 saturated carbocycles. The van der Waals surface area contributed by atoms with Crippen molar-refractivity contribution in [1.82, 2.24) is 14.7 Å². The van der Waals surface area contributed by atoms with Gasteiger partial charge in [0.15, 0.2) is 0 Å². The Morgan fingerprint density at radius 3 is 2.83 bits per heavy atom. The van der Waals surface area contributed by atoms with Crippen molar-refractivity contribution in [3.8, 4) is 5.69 Å². The molecule has 2 aromatic rings. The van der Waals surface area contributed by atoms with Crippen LogP contribution in [0.4, 0.5) is 4.39 Å². The van der Waals surface area contributed by atoms with Crippen LogP contribution >= 0.6 is 0 Å². The van der Waals surface area contributed by atoms with Gasteiger partial charge in [-0.2, -0.15) is 5.10 Å². The van der Waals surface area contributed by atoms with Gasteiger partial charge in [0.2, 0.25) is 0 Å². The molecule has 0 aliphatic carbocycles. The number of para-hydroxylation sites is 1. The zero-order chi connectivity index (χ0) is 17.3. The topological polar surface area (TPSA) is 58.4 Å². The Labute approximate surface area is 140 Å². The number of hydrogen-bond donors (Lipinski definition) is 1. The molecule has 24 heavy (non-hydrogen) atoms. The molecule has 1 N–H and O–H groups in total. The first-order valence-electron chi connectivity index (χ1n) is 8.24. The highest BCUT2D eigenvalue weighted by Gasteiger charge is 2.31. The number of halogens is 1. The maximum Gasteiger partial charge on any atom is 0.257 e. The number of benzene rings is 1. The van der Waals surface area contributed by atoms with Crippen LogP contribution in [0.2, 0.25) is 0 Å². The quantitative estimate of drug-likeness (QED) is 0.940. The van der Waals surface area contributed by atoms with E-state index in [1.165, 1.54) is 16.9 Å². The van der Waals surface area contributed by atoms with Crippen LogP contribution in [0.1, 0.15) is 35.8 Å². The molecule has 5 nitrogen and oxygen atoms in total. The van der Waals surface area contributed by atoms with Crippen LogP contribution in [0.3, 0.4) is 0 Å². The first kappa shape index (κ1) is 16.6. The Bertz CT molecular complexity index is 744. The summed E-state index contributed by atoms with van der Waals surface area (Å²) in [6, 6.07) is 6.48. The molecule has 1 aliphatic rings. The predicted molar refractivity (Wildman–Crippen MR) is 88.6 cm³/mol. The summed E-state index contributed by atoms with van der Waals surface area (Å²) in [5.41, 5.74) is 1.42. The largest absolute Gasteiger partial charge is 0.396 e. The molecule has 1 fully saturated rings. The first-order chi connectivity index (χ1) is 11.5. The molecule has 1 aromatic heterocycles. The van der Waals surface area contributed by atoms with Gasteiger partial charge in [-0.3, -0.25) is 4.79 Å². The van der Waals surface area contributed by atoms with Gasteiger partial charge in [-0.1, -0.05) is 12.1 Å². The van der Waals surface area contributed by atoms with Gasteiger partial charge >= 0.3 is 0 Å². The number of piperidine rings is 1. The van der Waals surface area contributed by atoms with Gasteiger partial charge in [0.25, 0.3) is 5.91 Å². The van der Waals surface area contributed by atoms with Crippen LogP contribution < -0.4 is 0 Å². The third kappa shape index (κ3) is 2.94. The van der Waals surface area contributed by atoms with Gasteiger partial charge < -0.3 is 10.0 Å². The molecule has 128 valence electrons. The number of aliphatic hydroxyl groups is 1. The Morgan fingerprint density at radius 1 is 1.38 bits per heavy atom. The third-order valence-electron chi connectivity index (χ3n) is 4.82. The Kier molecular flexibility index (Phi) is 4.66. The van der Waals surface area contributed by atoms with Crippen molar-refractivity contribution in [2.24, 2.45) is 5.92 Å². The third-order valence-corrected chi connectivity index (χ3v) is 4.82. The van der Waals surface area contributed by atoms with Crippen molar-refractivity contribution >= 4 is 5.91 Å². The summed E-state index contributed by atoms with van der Waals surface area (Å²) in [6.07, 6.45) is 3.30. The van der Waals surface area contributed by atoms with Gasteiger partial charge in [0.05, 0.1) is 17.5 Å². The van der Waals surface area contributed by atoms with E-state index >= 15 is 0 Å². The first-order valence-corrected chi connectivity index (χ1v) is 8.24. The van der Waals surface area contributed by atoms with E-state index in [9.17, 15) is 14.3 Å². The second-order valence-electron chi connectivity index (χ2n) is 6.44. The minimum atomic E-state index is -0.380. The number of likely N-dealkylation sites (tertiary alicyclic amines) is 1. The van der Waals surface area contributed by atoms with Crippen LogP contribution in [0, 0.1) is 18.7 Å². The SMILES string of the molecule is Cc1c(C(=O)N2CC(CO)CCC2C)cnn1-c1ccccc1F. The molecule has 1 aromatic carbocycles. The molecule has 2 heterocycles. The van der Waals surface area contributed by atoms with Gasteiger partial charge in [-0.25, -0.2) is 9.07 Å². The van der Waals surface area contributed by atoms with Crippen LogP contribution in [-0.2, 0) is 0 Å². The number of hydrogen-bond acceptors (Lipinski definition) is 3. The Morgan fingerprint density at radius 2 is 2.12 bits per heavy atom. The summed E-state index contributed by atoms with van der Waals surface area (Å²) in [4.78, 5) is 14.7. The molecule has 0 radical (unpaired) electrons. The van der Waals surface area contributed by atoms with Gasteiger partial charge in [0.1, 0.15) is 11.5 Å². The Balaban J connectivity index is 1.90. The number of carbonyl (C=O) groups excluding carboxylic acids is 1. The summed E-state index contributed by atoms with van der Waals surface area (Å²) in [6.45, 7) is 4.41. The van der Waals surface area contributed by atoms with E-state index < -0.39 is 0 Å². The predicted octanol–water partition coefficient (Wildman–Crippen LogP) is 2.55. The van der Waals surface area contributed by atoms with Crippen molar-refractivity contribution in [3.63, 3.8) is 0 Å². The number of aliphatic hydroxyl groups excluding tert-OH is 1. The van der Waals surface area contributed by atoms with Crippen molar-refractivity contribution in [2.45, 2.75) is 32.7 Å². The number of nitrogens with zero attached hydrogens (tertiary/aromatic N) is 3. The smallest absolute Gasteiger partial charge is 0.257 e. The van der Waals surface area contributed by atoms with E-state index in [1.807, 2.05) is 6.92 Å². The molecule has 3 rings (SSSR count). The lowest BCUT2D eigenvalue weighted by molar-refractivity contribution is 0.0488. The fourth-order valence-electron chi connectivity index (χ4n) is 3.25. The van der Waals surface area contributed by atoms with E-state index in [4.69, 9.17) is 0 Å². The summed E-state index contributed by atoms with van der Waals surface area (Å²) in [5.74, 6) is -0.373. The lowest BCUT2D eigenvalue weighted by Crippen LogP contribution is -2.46. The van der Waals surface area contributed by atoms with Crippen molar-refractivity contribution in [2.75, 3.05) is 13.2 Å². The van der Waals surface area contributed by atoms with E-state index in [0.29, 0.717) is 23.5 Å². The van der Waals surface area contributed by atoms with Crippen LogP contribution in [-0.4, -0.2) is 44.9 Å². The minimum absolute atomic E-state index is 0.0873. The molecule has 0 spiro atoms. The minimum Gasteiger partial charge on any atom is -0.396 e.